The molecule has 3 N–H and O–H groups in total. The van der Waals surface area contributed by atoms with Gasteiger partial charge < -0.3 is 25.0 Å². The molecule has 2 aliphatic rings. The van der Waals surface area contributed by atoms with Crippen molar-refractivity contribution in [3.8, 4) is 22.6 Å². The average Bonchev–Trinajstić information content (AvgIpc) is 3.32. The van der Waals surface area contributed by atoms with Gasteiger partial charge in [-0.3, -0.25) is 19.7 Å². The van der Waals surface area contributed by atoms with Gasteiger partial charge in [-0.25, -0.2) is 14.8 Å². The minimum absolute atomic E-state index is 0.0276. The van der Waals surface area contributed by atoms with E-state index in [1.54, 1.807) is 53.8 Å². The molecule has 0 spiro atoms. The van der Waals surface area contributed by atoms with E-state index < -0.39 is 64.5 Å². The number of nitriles is 1. The number of amides is 4. The Bertz CT molecular complexity index is 1810. The quantitative estimate of drug-likeness (QED) is 0.168. The highest BCUT2D eigenvalue weighted by Crippen LogP contribution is 2.45. The molecule has 5 rings (SSSR count). The van der Waals surface area contributed by atoms with E-state index in [0.29, 0.717) is 16.7 Å². The highest BCUT2D eigenvalue weighted by Gasteiger charge is 2.61. The number of benzene rings is 1. The third kappa shape index (κ3) is 7.67. The third-order valence-corrected chi connectivity index (χ3v) is 9.29. The van der Waals surface area contributed by atoms with Crippen molar-refractivity contribution in [1.29, 1.82) is 5.26 Å². The molecule has 0 bridgehead atoms. The first kappa shape index (κ1) is 35.3. The van der Waals surface area contributed by atoms with Crippen LogP contribution in [0.3, 0.4) is 0 Å². The van der Waals surface area contributed by atoms with Gasteiger partial charge >= 0.3 is 6.09 Å². The SMILES string of the molecule is C=CC1C[C@]1(NC(=O)[C@@H]1C[C@@H](Oc2nc3ccccc3nc2-c2cccs2)CN1C(=O)[C@H](NC(=O)OC(C)(C)C)C(C)(C)C)C(=O)NC#N. The van der Waals surface area contributed by atoms with Gasteiger partial charge in [0.1, 0.15) is 35.0 Å². The molecule has 5 atom stereocenters. The second-order valence-electron chi connectivity index (χ2n) is 14.3. The number of alkyl carbamates (subject to hydrolysis) is 1. The summed E-state index contributed by atoms with van der Waals surface area (Å²) in [6.45, 7) is 14.3. The van der Waals surface area contributed by atoms with E-state index >= 15 is 0 Å². The monoisotopic (exact) mass is 687 g/mol. The van der Waals surface area contributed by atoms with Crippen molar-refractivity contribution < 1.29 is 28.7 Å². The maximum atomic E-state index is 14.4. The van der Waals surface area contributed by atoms with Crippen molar-refractivity contribution in [2.75, 3.05) is 6.54 Å². The smallest absolute Gasteiger partial charge is 0.408 e. The molecule has 1 aromatic carbocycles. The fraction of sp³-hybridized carbons (Fsp3) is 0.457. The molecule has 3 heterocycles. The van der Waals surface area contributed by atoms with Crippen LogP contribution in [0, 0.1) is 22.8 Å². The van der Waals surface area contributed by atoms with Gasteiger partial charge in [0.05, 0.1) is 22.5 Å². The number of aromatic nitrogens is 2. The number of fused-ring (bicyclic) bond motifs is 1. The van der Waals surface area contributed by atoms with Crippen LogP contribution in [0.15, 0.2) is 54.4 Å². The molecule has 1 unspecified atom stereocenters. The van der Waals surface area contributed by atoms with E-state index in [1.165, 1.54) is 16.2 Å². The fourth-order valence-electron chi connectivity index (χ4n) is 5.91. The summed E-state index contributed by atoms with van der Waals surface area (Å²) in [5.74, 6) is -1.95. The van der Waals surface area contributed by atoms with Crippen LogP contribution in [0.1, 0.15) is 54.4 Å². The van der Waals surface area contributed by atoms with E-state index in [1.807, 2.05) is 41.8 Å². The lowest BCUT2D eigenvalue weighted by atomic mass is 9.85. The molecule has 1 saturated carbocycles. The van der Waals surface area contributed by atoms with Gasteiger partial charge in [-0.1, -0.05) is 45.0 Å². The molecule has 1 saturated heterocycles. The van der Waals surface area contributed by atoms with Crippen LogP contribution in [0.5, 0.6) is 5.88 Å². The maximum Gasteiger partial charge on any atom is 0.408 e. The Morgan fingerprint density at radius 3 is 2.37 bits per heavy atom. The molecular formula is C35H41N7O6S. The lowest BCUT2D eigenvalue weighted by Gasteiger charge is -2.36. The molecular weight excluding hydrogens is 646 g/mol. The second-order valence-corrected chi connectivity index (χ2v) is 15.3. The Morgan fingerprint density at radius 1 is 1.10 bits per heavy atom. The van der Waals surface area contributed by atoms with Crippen molar-refractivity contribution in [3.63, 3.8) is 0 Å². The summed E-state index contributed by atoms with van der Waals surface area (Å²) in [6, 6.07) is 9.02. The zero-order valence-corrected chi connectivity index (χ0v) is 29.2. The van der Waals surface area contributed by atoms with Gasteiger partial charge in [-0.05, 0) is 56.2 Å². The van der Waals surface area contributed by atoms with Gasteiger partial charge in [-0.2, -0.15) is 5.26 Å². The molecule has 1 aliphatic heterocycles. The first-order valence-electron chi connectivity index (χ1n) is 16.0. The predicted octanol–water partition coefficient (Wildman–Crippen LogP) is 4.30. The number of nitrogens with one attached hydrogen (secondary N) is 3. The van der Waals surface area contributed by atoms with Gasteiger partial charge in [-0.15, -0.1) is 17.9 Å². The van der Waals surface area contributed by atoms with Crippen molar-refractivity contribution in [1.82, 2.24) is 30.8 Å². The van der Waals surface area contributed by atoms with Crippen LogP contribution in [-0.2, 0) is 19.1 Å². The van der Waals surface area contributed by atoms with Crippen molar-refractivity contribution >= 4 is 46.2 Å². The first-order chi connectivity index (χ1) is 23.1. The van der Waals surface area contributed by atoms with Crippen LogP contribution in [0.4, 0.5) is 4.79 Å². The summed E-state index contributed by atoms with van der Waals surface area (Å²) in [5, 5.41) is 18.7. The van der Waals surface area contributed by atoms with Gasteiger partial charge in [0, 0.05) is 12.3 Å². The molecule has 49 heavy (non-hydrogen) atoms. The number of ether oxygens (including phenoxy) is 2. The number of nitrogens with zero attached hydrogens (tertiary/aromatic N) is 4. The van der Waals surface area contributed by atoms with E-state index in [-0.39, 0.29) is 25.3 Å². The molecule has 2 fully saturated rings. The molecule has 13 nitrogen and oxygen atoms in total. The minimum Gasteiger partial charge on any atom is -0.471 e. The van der Waals surface area contributed by atoms with Crippen molar-refractivity contribution in [2.24, 2.45) is 11.3 Å². The zero-order valence-electron chi connectivity index (χ0n) is 28.4. The largest absolute Gasteiger partial charge is 0.471 e. The summed E-state index contributed by atoms with van der Waals surface area (Å²) in [6.07, 6.45) is 1.98. The van der Waals surface area contributed by atoms with Crippen molar-refractivity contribution in [3.05, 3.63) is 54.4 Å². The molecule has 3 aromatic rings. The lowest BCUT2D eigenvalue weighted by molar-refractivity contribution is -0.143. The normalized spacial score (nSPS) is 22.4. The third-order valence-electron chi connectivity index (χ3n) is 8.41. The zero-order chi connectivity index (χ0) is 35.7. The molecule has 14 heteroatoms. The Balaban J connectivity index is 1.49. The first-order valence-corrected chi connectivity index (χ1v) is 16.9. The highest BCUT2D eigenvalue weighted by molar-refractivity contribution is 7.13. The molecule has 2 aromatic heterocycles. The Hall–Kier alpha value is -5.03. The Morgan fingerprint density at radius 2 is 1.80 bits per heavy atom. The number of hydrogen-bond donors (Lipinski definition) is 3. The van der Waals surface area contributed by atoms with Crippen LogP contribution in [0.2, 0.25) is 0 Å². The number of likely N-dealkylation sites (tertiary alicyclic amines) is 1. The van der Waals surface area contributed by atoms with E-state index in [0.717, 1.165) is 4.88 Å². The average molecular weight is 688 g/mol. The second kappa shape index (κ2) is 13.5. The summed E-state index contributed by atoms with van der Waals surface area (Å²) in [7, 11) is 0. The van der Waals surface area contributed by atoms with E-state index in [9.17, 15) is 19.2 Å². The maximum absolute atomic E-state index is 14.4. The molecule has 0 radical (unpaired) electrons. The van der Waals surface area contributed by atoms with Gasteiger partial charge in [0.2, 0.25) is 17.7 Å². The summed E-state index contributed by atoms with van der Waals surface area (Å²) in [5.41, 5.74) is -1.16. The number of thiophene rings is 1. The summed E-state index contributed by atoms with van der Waals surface area (Å²) in [4.78, 5) is 66.2. The van der Waals surface area contributed by atoms with E-state index in [4.69, 9.17) is 24.7 Å². The standard InChI is InChI=1S/C35H41N7O6S/c1-8-20-17-35(20,31(45)37-19-36)41-28(43)24-16-21(18-42(24)30(44)27(33(2,3)4)40-32(46)48-34(5,6)7)47-29-26(25-14-11-15-49-25)38-22-12-9-10-13-23(22)39-29/h8-15,20-21,24,27H,1,16-18H2,2-7H3,(H,37,45)(H,40,46)(H,41,43)/t20?,21-,24+,27+,35-/m1/s1. The topological polar surface area (TPSA) is 176 Å². The summed E-state index contributed by atoms with van der Waals surface area (Å²) >= 11 is 1.47. The van der Waals surface area contributed by atoms with E-state index in [2.05, 4.69) is 22.5 Å². The number of carbonyl (C=O) groups is 4. The Labute approximate surface area is 289 Å². The number of carbonyl (C=O) groups excluding carboxylic acids is 4. The van der Waals surface area contributed by atoms with Gasteiger partial charge in [0.15, 0.2) is 6.19 Å². The molecule has 4 amide bonds. The summed E-state index contributed by atoms with van der Waals surface area (Å²) < 4.78 is 12.0. The van der Waals surface area contributed by atoms with Crippen LogP contribution in [-0.4, -0.2) is 74.6 Å². The number of para-hydroxylation sites is 2. The minimum atomic E-state index is -1.38. The highest BCUT2D eigenvalue weighted by atomic mass is 32.1. The predicted molar refractivity (Wildman–Crippen MR) is 183 cm³/mol. The van der Waals surface area contributed by atoms with Crippen molar-refractivity contribution in [2.45, 2.75) is 83.7 Å². The van der Waals surface area contributed by atoms with Gasteiger partial charge in [0.25, 0.3) is 5.91 Å². The van der Waals surface area contributed by atoms with Crippen LogP contribution >= 0.6 is 11.3 Å². The fourth-order valence-corrected chi connectivity index (χ4v) is 6.62. The number of hydrogen-bond acceptors (Lipinski definition) is 10. The molecule has 1 aliphatic carbocycles. The molecule has 258 valence electrons. The Kier molecular flexibility index (Phi) is 9.70. The number of rotatable bonds is 9. The van der Waals surface area contributed by atoms with Crippen LogP contribution < -0.4 is 20.7 Å². The lowest BCUT2D eigenvalue weighted by Crippen LogP contribution is -2.60. The van der Waals surface area contributed by atoms with Crippen LogP contribution in [0.25, 0.3) is 21.6 Å².